The van der Waals surface area contributed by atoms with E-state index in [1.807, 2.05) is 13.0 Å². The predicted molar refractivity (Wildman–Crippen MR) is 91.0 cm³/mol. The van der Waals surface area contributed by atoms with Gasteiger partial charge in [0, 0.05) is 19.0 Å². The molecule has 0 aliphatic heterocycles. The van der Waals surface area contributed by atoms with Gasteiger partial charge in [-0.25, -0.2) is 9.78 Å². The number of nitrogens with zero attached hydrogens (tertiary/aromatic N) is 2. The van der Waals surface area contributed by atoms with Crippen LogP contribution < -0.4 is 5.32 Å². The van der Waals surface area contributed by atoms with Gasteiger partial charge in [0.05, 0.1) is 6.54 Å². The maximum atomic E-state index is 12.0. The second-order valence-corrected chi connectivity index (χ2v) is 5.90. The van der Waals surface area contributed by atoms with Crippen LogP contribution in [0.1, 0.15) is 22.0 Å². The van der Waals surface area contributed by atoms with Crippen LogP contribution >= 0.6 is 11.3 Å². The topological polar surface area (TPSA) is 84.7 Å². The number of ether oxygens (including phenoxy) is 1. The van der Waals surface area contributed by atoms with E-state index in [-0.39, 0.29) is 18.2 Å². The lowest BCUT2D eigenvalue weighted by Gasteiger charge is -2.15. The van der Waals surface area contributed by atoms with Crippen molar-refractivity contribution in [3.8, 4) is 0 Å². The lowest BCUT2D eigenvalue weighted by molar-refractivity contribution is -0.134. The van der Waals surface area contributed by atoms with Crippen LogP contribution in [0.25, 0.3) is 0 Å². The fraction of sp³-hybridized carbons (Fsp3) is 0.312. The smallest absolute Gasteiger partial charge is 0.358 e. The number of likely N-dealkylation sites (N-methyl/N-ethyl adjacent to an activating group) is 1. The van der Waals surface area contributed by atoms with Crippen molar-refractivity contribution in [3.05, 3.63) is 47.4 Å². The largest absolute Gasteiger partial charge is 0.464 e. The van der Waals surface area contributed by atoms with Gasteiger partial charge in [-0.3, -0.25) is 4.79 Å². The van der Waals surface area contributed by atoms with Gasteiger partial charge in [0.15, 0.2) is 17.4 Å². The monoisotopic (exact) mass is 349 g/mol. The Balaban J connectivity index is 1.80. The number of nitrogens with one attached hydrogen (secondary N) is 1. The highest BCUT2D eigenvalue weighted by Gasteiger charge is 2.17. The van der Waals surface area contributed by atoms with Crippen LogP contribution in [-0.4, -0.2) is 42.0 Å². The summed E-state index contributed by atoms with van der Waals surface area (Å²) in [7, 11) is 1.62. The summed E-state index contributed by atoms with van der Waals surface area (Å²) < 4.78 is 10.4. The first-order chi connectivity index (χ1) is 11.5. The summed E-state index contributed by atoms with van der Waals surface area (Å²) in [5.74, 6) is 0.500. The minimum Gasteiger partial charge on any atom is -0.464 e. The fourth-order valence-electron chi connectivity index (χ4n) is 1.81. The lowest BCUT2D eigenvalue weighted by Crippen LogP contribution is -2.30. The summed E-state index contributed by atoms with van der Waals surface area (Å²) in [6.45, 7) is 5.94. The number of anilines is 1. The number of thiazole rings is 1. The van der Waals surface area contributed by atoms with E-state index in [2.05, 4.69) is 16.9 Å². The quantitative estimate of drug-likeness (QED) is 0.582. The molecule has 2 aromatic rings. The number of hydrogen-bond acceptors (Lipinski definition) is 7. The molecule has 0 bridgehead atoms. The molecule has 2 aromatic heterocycles. The van der Waals surface area contributed by atoms with E-state index >= 15 is 0 Å². The molecule has 2 rings (SSSR count). The number of esters is 1. The SMILES string of the molecule is C=CCNc1nc(C(=O)OCC(=O)N(C)Cc2ccc(C)o2)cs1. The number of furan rings is 1. The zero-order chi connectivity index (χ0) is 17.5. The molecule has 0 aliphatic rings. The molecule has 0 saturated heterocycles. The van der Waals surface area contributed by atoms with E-state index in [0.717, 1.165) is 5.76 Å². The first kappa shape index (κ1) is 17.7. The third-order valence-corrected chi connectivity index (χ3v) is 3.85. The first-order valence-corrected chi connectivity index (χ1v) is 8.14. The molecule has 0 aliphatic carbocycles. The fourth-order valence-corrected chi connectivity index (χ4v) is 2.50. The maximum absolute atomic E-state index is 12.0. The highest BCUT2D eigenvalue weighted by Crippen LogP contribution is 2.16. The molecule has 8 heteroatoms. The number of hydrogen-bond donors (Lipinski definition) is 1. The Kier molecular flexibility index (Phi) is 6.14. The molecule has 128 valence electrons. The Morgan fingerprint density at radius 1 is 1.50 bits per heavy atom. The second kappa shape index (κ2) is 8.30. The van der Waals surface area contributed by atoms with Gasteiger partial charge in [0.2, 0.25) is 0 Å². The Bertz CT molecular complexity index is 722. The summed E-state index contributed by atoms with van der Waals surface area (Å²) in [5, 5.41) is 5.15. The Morgan fingerprint density at radius 3 is 2.96 bits per heavy atom. The summed E-state index contributed by atoms with van der Waals surface area (Å²) in [5.41, 5.74) is 0.170. The zero-order valence-electron chi connectivity index (χ0n) is 13.6. The van der Waals surface area contributed by atoms with Crippen LogP contribution in [0.3, 0.4) is 0 Å². The minimum atomic E-state index is -0.631. The summed E-state index contributed by atoms with van der Waals surface area (Å²) in [6.07, 6.45) is 1.69. The van der Waals surface area contributed by atoms with Crippen molar-refractivity contribution in [2.24, 2.45) is 0 Å². The van der Waals surface area contributed by atoms with Gasteiger partial charge < -0.3 is 19.4 Å². The van der Waals surface area contributed by atoms with Crippen molar-refractivity contribution in [2.45, 2.75) is 13.5 Å². The molecule has 7 nitrogen and oxygen atoms in total. The highest BCUT2D eigenvalue weighted by molar-refractivity contribution is 7.13. The van der Waals surface area contributed by atoms with Gasteiger partial charge in [-0.05, 0) is 19.1 Å². The molecule has 0 aromatic carbocycles. The second-order valence-electron chi connectivity index (χ2n) is 5.05. The molecule has 1 amide bonds. The molecule has 1 N–H and O–H groups in total. The molecule has 2 heterocycles. The van der Waals surface area contributed by atoms with Gasteiger partial charge >= 0.3 is 5.97 Å². The molecular formula is C16H19N3O4S. The van der Waals surface area contributed by atoms with E-state index in [0.29, 0.717) is 24.0 Å². The number of carbonyl (C=O) groups is 2. The van der Waals surface area contributed by atoms with Crippen LogP contribution in [0, 0.1) is 6.92 Å². The summed E-state index contributed by atoms with van der Waals surface area (Å²) in [6, 6.07) is 3.63. The van der Waals surface area contributed by atoms with Gasteiger partial charge in [0.25, 0.3) is 5.91 Å². The molecular weight excluding hydrogens is 330 g/mol. The van der Waals surface area contributed by atoms with E-state index in [1.165, 1.54) is 16.2 Å². The summed E-state index contributed by atoms with van der Waals surface area (Å²) >= 11 is 1.28. The molecule has 24 heavy (non-hydrogen) atoms. The normalized spacial score (nSPS) is 10.2. The Hall–Kier alpha value is -2.61. The van der Waals surface area contributed by atoms with Crippen LogP contribution in [0.2, 0.25) is 0 Å². The molecule has 0 spiro atoms. The average molecular weight is 349 g/mol. The van der Waals surface area contributed by atoms with Crippen molar-refractivity contribution in [1.82, 2.24) is 9.88 Å². The molecule has 0 atom stereocenters. The maximum Gasteiger partial charge on any atom is 0.358 e. The Labute approximate surface area is 143 Å². The minimum absolute atomic E-state index is 0.170. The molecule has 0 saturated carbocycles. The van der Waals surface area contributed by atoms with Crippen molar-refractivity contribution >= 4 is 28.3 Å². The predicted octanol–water partition coefficient (Wildman–Crippen LogP) is 2.46. The third kappa shape index (κ3) is 4.95. The van der Waals surface area contributed by atoms with E-state index in [1.54, 1.807) is 24.6 Å². The number of amides is 1. The van der Waals surface area contributed by atoms with Gasteiger partial charge in [-0.1, -0.05) is 6.08 Å². The van der Waals surface area contributed by atoms with Crippen molar-refractivity contribution in [1.29, 1.82) is 0 Å². The van der Waals surface area contributed by atoms with Gasteiger partial charge in [-0.15, -0.1) is 17.9 Å². The van der Waals surface area contributed by atoms with Gasteiger partial charge in [-0.2, -0.15) is 0 Å². The van der Waals surface area contributed by atoms with Crippen molar-refractivity contribution in [2.75, 3.05) is 25.5 Å². The molecule has 0 radical (unpaired) electrons. The first-order valence-electron chi connectivity index (χ1n) is 7.26. The number of carbonyl (C=O) groups excluding carboxylic acids is 2. The zero-order valence-corrected chi connectivity index (χ0v) is 14.4. The van der Waals surface area contributed by atoms with Gasteiger partial charge in [0.1, 0.15) is 11.5 Å². The number of aromatic nitrogens is 1. The average Bonchev–Trinajstić information content (AvgIpc) is 3.19. The highest BCUT2D eigenvalue weighted by atomic mass is 32.1. The van der Waals surface area contributed by atoms with Crippen LogP contribution in [-0.2, 0) is 16.1 Å². The third-order valence-electron chi connectivity index (χ3n) is 3.05. The van der Waals surface area contributed by atoms with Crippen molar-refractivity contribution in [3.63, 3.8) is 0 Å². The number of rotatable bonds is 8. The summed E-state index contributed by atoms with van der Waals surface area (Å²) in [4.78, 5) is 29.4. The van der Waals surface area contributed by atoms with Crippen LogP contribution in [0.15, 0.2) is 34.6 Å². The lowest BCUT2D eigenvalue weighted by atomic mass is 10.4. The van der Waals surface area contributed by atoms with Crippen LogP contribution in [0.4, 0.5) is 5.13 Å². The standard InChI is InChI=1S/C16H19N3O4S/c1-4-7-17-16-18-13(10-24-16)15(21)22-9-14(20)19(3)8-12-6-5-11(2)23-12/h4-6,10H,1,7-9H2,2-3H3,(H,17,18). The van der Waals surface area contributed by atoms with Crippen molar-refractivity contribution < 1.29 is 18.7 Å². The Morgan fingerprint density at radius 2 is 2.29 bits per heavy atom. The number of aryl methyl sites for hydroxylation is 1. The molecule has 0 unspecified atom stereocenters. The molecule has 0 fully saturated rings. The van der Waals surface area contributed by atoms with Crippen LogP contribution in [0.5, 0.6) is 0 Å². The van der Waals surface area contributed by atoms with E-state index < -0.39 is 5.97 Å². The van der Waals surface area contributed by atoms with E-state index in [4.69, 9.17) is 9.15 Å². The van der Waals surface area contributed by atoms with E-state index in [9.17, 15) is 9.59 Å².